The Kier molecular flexibility index (Phi) is 4.93. The van der Waals surface area contributed by atoms with Crippen molar-refractivity contribution < 1.29 is 18.7 Å². The summed E-state index contributed by atoms with van der Waals surface area (Å²) >= 11 is 0. The first-order valence-electron chi connectivity index (χ1n) is 11.3. The summed E-state index contributed by atoms with van der Waals surface area (Å²) in [6.45, 7) is 8.85. The van der Waals surface area contributed by atoms with Crippen molar-refractivity contribution in [2.75, 3.05) is 19.6 Å². The summed E-state index contributed by atoms with van der Waals surface area (Å²) in [4.78, 5) is 28.1. The molecule has 2 aromatic rings. The molecule has 0 radical (unpaired) electrons. The summed E-state index contributed by atoms with van der Waals surface area (Å²) in [5, 5.41) is 0.725. The lowest BCUT2D eigenvalue weighted by Crippen LogP contribution is -2.38. The highest BCUT2D eigenvalue weighted by atomic mass is 16.5. The number of hydrogen-bond donors (Lipinski definition) is 0. The van der Waals surface area contributed by atoms with E-state index in [0.717, 1.165) is 42.6 Å². The molecule has 6 nitrogen and oxygen atoms in total. The van der Waals surface area contributed by atoms with Crippen LogP contribution in [0.3, 0.4) is 0 Å². The molecule has 1 aromatic heterocycles. The van der Waals surface area contributed by atoms with E-state index in [9.17, 15) is 9.59 Å². The fraction of sp³-hybridized carbons (Fsp3) is 0.520. The van der Waals surface area contributed by atoms with Gasteiger partial charge in [-0.1, -0.05) is 13.3 Å². The molecule has 3 aliphatic rings. The molecule has 164 valence electrons. The number of nitrogens with zero attached hydrogens (tertiary/aromatic N) is 1. The van der Waals surface area contributed by atoms with Crippen LogP contribution in [0.2, 0.25) is 0 Å². The van der Waals surface area contributed by atoms with Crippen molar-refractivity contribution in [2.24, 2.45) is 0 Å². The lowest BCUT2D eigenvalue weighted by atomic mass is 9.89. The number of fused-ring (bicyclic) bond motifs is 6. The molecule has 0 N–H and O–H groups in total. The van der Waals surface area contributed by atoms with Gasteiger partial charge in [-0.2, -0.15) is 0 Å². The van der Waals surface area contributed by atoms with Crippen LogP contribution < -0.4 is 15.1 Å². The van der Waals surface area contributed by atoms with E-state index in [2.05, 4.69) is 11.8 Å². The summed E-state index contributed by atoms with van der Waals surface area (Å²) < 4.78 is 18.5. The van der Waals surface area contributed by atoms with E-state index < -0.39 is 11.2 Å². The van der Waals surface area contributed by atoms with Crippen molar-refractivity contribution in [2.45, 2.75) is 64.6 Å². The molecule has 0 spiro atoms. The minimum atomic E-state index is -0.512. The van der Waals surface area contributed by atoms with E-state index >= 15 is 0 Å². The SMILES string of the molecule is CCCc1cc(=O)oc2c3c(c4c(c12)OC(C)(C)C=C4)OC(CN1CCCC1)CC3=O. The van der Waals surface area contributed by atoms with Crippen molar-refractivity contribution in [3.05, 3.63) is 39.3 Å². The molecule has 1 fully saturated rings. The molecule has 6 heteroatoms. The number of Topliss-reactive ketones (excluding diaryl/α,β-unsaturated/α-hetero) is 1. The van der Waals surface area contributed by atoms with Crippen LogP contribution in [0.25, 0.3) is 17.0 Å². The van der Waals surface area contributed by atoms with Gasteiger partial charge in [-0.15, -0.1) is 0 Å². The van der Waals surface area contributed by atoms with Crippen LogP contribution in [0, 0.1) is 0 Å². The van der Waals surface area contributed by atoms with Gasteiger partial charge in [0, 0.05) is 19.0 Å². The molecule has 3 aliphatic heterocycles. The minimum Gasteiger partial charge on any atom is -0.487 e. The largest absolute Gasteiger partial charge is 0.487 e. The number of hydrogen-bond acceptors (Lipinski definition) is 6. The second-order valence-electron chi connectivity index (χ2n) is 9.41. The van der Waals surface area contributed by atoms with Crippen LogP contribution in [0.1, 0.15) is 67.9 Å². The summed E-state index contributed by atoms with van der Waals surface area (Å²) in [5.74, 6) is 1.10. The van der Waals surface area contributed by atoms with Crippen LogP contribution >= 0.6 is 0 Å². The molecule has 1 saturated heterocycles. The number of ether oxygens (including phenoxy) is 2. The van der Waals surface area contributed by atoms with Gasteiger partial charge >= 0.3 is 5.63 Å². The maximum atomic E-state index is 13.4. The van der Waals surface area contributed by atoms with Crippen LogP contribution in [0.5, 0.6) is 11.5 Å². The van der Waals surface area contributed by atoms with Crippen molar-refractivity contribution in [3.8, 4) is 11.5 Å². The monoisotopic (exact) mass is 423 g/mol. The van der Waals surface area contributed by atoms with Gasteiger partial charge in [0.1, 0.15) is 28.8 Å². The van der Waals surface area contributed by atoms with Gasteiger partial charge in [-0.3, -0.25) is 9.69 Å². The van der Waals surface area contributed by atoms with Gasteiger partial charge in [0.25, 0.3) is 0 Å². The molecule has 4 heterocycles. The normalized spacial score (nSPS) is 22.2. The fourth-order valence-corrected chi connectivity index (χ4v) is 4.99. The van der Waals surface area contributed by atoms with Crippen LogP contribution in [-0.4, -0.2) is 42.0 Å². The zero-order valence-corrected chi connectivity index (χ0v) is 18.5. The Morgan fingerprint density at radius 3 is 2.68 bits per heavy atom. The smallest absolute Gasteiger partial charge is 0.336 e. The fourth-order valence-electron chi connectivity index (χ4n) is 4.99. The number of aryl methyl sites for hydroxylation is 1. The molecular formula is C25H29NO5. The Morgan fingerprint density at radius 1 is 1.16 bits per heavy atom. The summed E-state index contributed by atoms with van der Waals surface area (Å²) in [7, 11) is 0. The second kappa shape index (κ2) is 7.52. The van der Waals surface area contributed by atoms with Crippen molar-refractivity contribution in [3.63, 3.8) is 0 Å². The van der Waals surface area contributed by atoms with Gasteiger partial charge in [0.15, 0.2) is 11.4 Å². The predicted molar refractivity (Wildman–Crippen MR) is 119 cm³/mol. The summed E-state index contributed by atoms with van der Waals surface area (Å²) in [6.07, 6.45) is 7.99. The number of carbonyl (C=O) groups is 1. The zero-order chi connectivity index (χ0) is 21.8. The number of carbonyl (C=O) groups excluding carboxylic acids is 1. The Labute approximate surface area is 181 Å². The third-order valence-corrected chi connectivity index (χ3v) is 6.39. The van der Waals surface area contributed by atoms with Crippen LogP contribution in [0.15, 0.2) is 21.4 Å². The Morgan fingerprint density at radius 2 is 1.94 bits per heavy atom. The maximum Gasteiger partial charge on any atom is 0.336 e. The minimum absolute atomic E-state index is 0.0340. The topological polar surface area (TPSA) is 69.0 Å². The van der Waals surface area contributed by atoms with Gasteiger partial charge < -0.3 is 13.9 Å². The first-order chi connectivity index (χ1) is 14.9. The summed E-state index contributed by atoms with van der Waals surface area (Å²) in [6, 6.07) is 1.53. The molecule has 5 rings (SSSR count). The van der Waals surface area contributed by atoms with Gasteiger partial charge in [0.2, 0.25) is 0 Å². The molecular weight excluding hydrogens is 394 g/mol. The van der Waals surface area contributed by atoms with E-state index in [0.29, 0.717) is 29.1 Å². The van der Waals surface area contributed by atoms with Gasteiger partial charge in [-0.05, 0) is 63.9 Å². The number of rotatable bonds is 4. The van der Waals surface area contributed by atoms with E-state index in [1.807, 2.05) is 26.0 Å². The number of likely N-dealkylation sites (tertiary alicyclic amines) is 1. The highest BCUT2D eigenvalue weighted by Gasteiger charge is 2.38. The van der Waals surface area contributed by atoms with E-state index in [1.165, 1.54) is 18.9 Å². The Hall–Kier alpha value is -2.60. The molecule has 0 amide bonds. The highest BCUT2D eigenvalue weighted by Crippen LogP contribution is 2.48. The first kappa shape index (κ1) is 20.3. The van der Waals surface area contributed by atoms with Crippen molar-refractivity contribution in [1.82, 2.24) is 4.90 Å². The van der Waals surface area contributed by atoms with E-state index in [1.54, 1.807) is 0 Å². The van der Waals surface area contributed by atoms with Crippen LogP contribution in [0.4, 0.5) is 0 Å². The first-order valence-corrected chi connectivity index (χ1v) is 11.3. The van der Waals surface area contributed by atoms with E-state index in [-0.39, 0.29) is 18.3 Å². The van der Waals surface area contributed by atoms with Crippen LogP contribution in [-0.2, 0) is 6.42 Å². The van der Waals surface area contributed by atoms with E-state index in [4.69, 9.17) is 13.9 Å². The second-order valence-corrected chi connectivity index (χ2v) is 9.41. The van der Waals surface area contributed by atoms with Gasteiger partial charge in [0.05, 0.1) is 10.9 Å². The third kappa shape index (κ3) is 3.57. The van der Waals surface area contributed by atoms with Crippen molar-refractivity contribution >= 4 is 22.8 Å². The maximum absolute atomic E-state index is 13.4. The Balaban J connectivity index is 1.72. The zero-order valence-electron chi connectivity index (χ0n) is 18.5. The van der Waals surface area contributed by atoms with Crippen molar-refractivity contribution in [1.29, 1.82) is 0 Å². The molecule has 1 unspecified atom stereocenters. The molecule has 1 aromatic carbocycles. The third-order valence-electron chi connectivity index (χ3n) is 6.39. The quantitative estimate of drug-likeness (QED) is 0.681. The number of ketones is 1. The molecule has 0 saturated carbocycles. The molecule has 1 atom stereocenters. The average molecular weight is 424 g/mol. The lowest BCUT2D eigenvalue weighted by molar-refractivity contribution is 0.0785. The molecule has 31 heavy (non-hydrogen) atoms. The molecule has 0 bridgehead atoms. The summed E-state index contributed by atoms with van der Waals surface area (Å²) in [5.41, 5.74) is 1.35. The van der Waals surface area contributed by atoms with Gasteiger partial charge in [-0.25, -0.2) is 4.79 Å². The average Bonchev–Trinajstić information content (AvgIpc) is 3.19. The lowest BCUT2D eigenvalue weighted by Gasteiger charge is -2.34. The Bertz CT molecular complexity index is 1140. The number of benzene rings is 1. The predicted octanol–water partition coefficient (Wildman–Crippen LogP) is 4.36. The highest BCUT2D eigenvalue weighted by molar-refractivity contribution is 6.13. The standard InChI is InChI=1S/C25H29NO5/c1-4-7-15-12-19(28)30-24-20(15)23-17(8-9-25(2,3)31-23)22-21(24)18(27)13-16(29-22)14-26-10-5-6-11-26/h8-9,12,16H,4-7,10-11,13-14H2,1-3H3. The molecule has 0 aliphatic carbocycles.